The van der Waals surface area contributed by atoms with E-state index in [2.05, 4.69) is 15.6 Å². The van der Waals surface area contributed by atoms with Crippen molar-refractivity contribution in [3.63, 3.8) is 0 Å². The molecule has 0 saturated carbocycles. The number of hydrogen-bond acceptors (Lipinski definition) is 11. The predicted molar refractivity (Wildman–Crippen MR) is 166 cm³/mol. The van der Waals surface area contributed by atoms with E-state index in [0.29, 0.717) is 37.0 Å². The first-order valence-corrected chi connectivity index (χ1v) is 15.6. The van der Waals surface area contributed by atoms with Crippen LogP contribution in [0.25, 0.3) is 31.4 Å². The molecule has 10 nitrogen and oxygen atoms in total. The van der Waals surface area contributed by atoms with Crippen molar-refractivity contribution in [1.82, 2.24) is 25.2 Å². The molecule has 12 heteroatoms. The van der Waals surface area contributed by atoms with E-state index in [1.165, 1.54) is 17.4 Å². The Kier molecular flexibility index (Phi) is 8.58. The van der Waals surface area contributed by atoms with Gasteiger partial charge >= 0.3 is 0 Å². The third-order valence-electron chi connectivity index (χ3n) is 7.22. The van der Waals surface area contributed by atoms with Gasteiger partial charge in [-0.3, -0.25) is 19.9 Å². The number of aromatic nitrogens is 2. The summed E-state index contributed by atoms with van der Waals surface area (Å²) in [7, 11) is 0. The molecule has 1 aromatic carbocycles. The first-order chi connectivity index (χ1) is 20.5. The number of fused-ring (bicyclic) bond motifs is 1. The number of nitrogens with one attached hydrogen (secondary N) is 2. The molecule has 0 bridgehead atoms. The number of ether oxygens (including phenoxy) is 2. The van der Waals surface area contributed by atoms with Gasteiger partial charge in [0.2, 0.25) is 0 Å². The number of carbonyl (C=O) groups excluding carboxylic acids is 2. The maximum Gasteiger partial charge on any atom is 0.275 e. The van der Waals surface area contributed by atoms with Crippen LogP contribution in [0.3, 0.4) is 0 Å². The topological polar surface area (TPSA) is 109 Å². The Morgan fingerprint density at radius 2 is 1.83 bits per heavy atom. The Morgan fingerprint density at radius 3 is 2.55 bits per heavy atom. The monoisotopic (exact) mass is 604 g/mol. The number of hydrazine groups is 1. The highest BCUT2D eigenvalue weighted by Gasteiger charge is 2.30. The van der Waals surface area contributed by atoms with Crippen molar-refractivity contribution < 1.29 is 19.1 Å². The first kappa shape index (κ1) is 28.4. The number of anilines is 1. The number of benzene rings is 1. The number of piperazine rings is 1. The van der Waals surface area contributed by atoms with Gasteiger partial charge in [-0.15, -0.1) is 22.7 Å². The van der Waals surface area contributed by atoms with Gasteiger partial charge in [-0.2, -0.15) is 5.01 Å². The molecule has 6 rings (SSSR count). The zero-order valence-corrected chi connectivity index (χ0v) is 25.1. The summed E-state index contributed by atoms with van der Waals surface area (Å²) in [5, 5.41) is 7.11. The lowest BCUT2D eigenvalue weighted by Gasteiger charge is -2.26. The second-order valence-electron chi connectivity index (χ2n) is 10.1. The minimum atomic E-state index is -0.421. The van der Waals surface area contributed by atoms with Crippen molar-refractivity contribution >= 4 is 50.5 Å². The van der Waals surface area contributed by atoms with Crippen LogP contribution in [-0.4, -0.2) is 84.2 Å². The van der Waals surface area contributed by atoms with Gasteiger partial charge in [-0.05, 0) is 60.7 Å². The average molecular weight is 605 g/mol. The van der Waals surface area contributed by atoms with E-state index in [4.69, 9.17) is 19.4 Å². The molecular weight excluding hydrogens is 573 g/mol. The highest BCUT2D eigenvalue weighted by molar-refractivity contribution is 7.22. The van der Waals surface area contributed by atoms with Crippen LogP contribution in [0.2, 0.25) is 0 Å². The first-order valence-electron chi connectivity index (χ1n) is 13.9. The van der Waals surface area contributed by atoms with Crippen molar-refractivity contribution in [2.24, 2.45) is 0 Å². The lowest BCUT2D eigenvalue weighted by atomic mass is 10.1. The molecule has 2 aliphatic heterocycles. The van der Waals surface area contributed by atoms with Crippen molar-refractivity contribution in [3.8, 4) is 26.9 Å². The number of hydrogen-bond donors (Lipinski definition) is 2. The molecule has 42 heavy (non-hydrogen) atoms. The van der Waals surface area contributed by atoms with Crippen LogP contribution in [0.4, 0.5) is 5.82 Å². The smallest absolute Gasteiger partial charge is 0.275 e. The molecule has 2 amide bonds. The van der Waals surface area contributed by atoms with E-state index >= 15 is 0 Å². The van der Waals surface area contributed by atoms with Gasteiger partial charge in [0.25, 0.3) is 11.8 Å². The Bertz CT molecular complexity index is 1610. The van der Waals surface area contributed by atoms with Crippen LogP contribution in [0, 0.1) is 6.92 Å². The van der Waals surface area contributed by atoms with Gasteiger partial charge in [-0.1, -0.05) is 6.07 Å². The van der Waals surface area contributed by atoms with E-state index in [9.17, 15) is 9.59 Å². The van der Waals surface area contributed by atoms with Crippen LogP contribution in [0.5, 0.6) is 5.75 Å². The maximum absolute atomic E-state index is 12.6. The number of aryl methyl sites for hydroxylation is 1. The number of rotatable bonds is 11. The van der Waals surface area contributed by atoms with Gasteiger partial charge in [0.15, 0.2) is 11.6 Å². The largest absolute Gasteiger partial charge is 0.491 e. The lowest BCUT2D eigenvalue weighted by molar-refractivity contribution is -0.135. The number of thiophene rings is 2. The van der Waals surface area contributed by atoms with Gasteiger partial charge in [-0.25, -0.2) is 9.97 Å². The summed E-state index contributed by atoms with van der Waals surface area (Å²) in [6, 6.07) is 11.9. The Labute approximate surface area is 251 Å². The molecular formula is C30H32N6O4S2. The third-order valence-corrected chi connectivity index (χ3v) is 9.33. The minimum Gasteiger partial charge on any atom is -0.491 e. The Balaban J connectivity index is 1.17. The Morgan fingerprint density at radius 1 is 1.02 bits per heavy atom. The SMILES string of the molecule is CC1=CC(=O)N(Nc2nc(-c3cccs3)nc3sc(-c4ccc(OCCOCCN5CCNCC5)cc4)c(C)c23)C1=O. The molecule has 0 unspecified atom stereocenters. The lowest BCUT2D eigenvalue weighted by Crippen LogP contribution is -2.44. The standard InChI is InChI=1S/C30H32N6O4S2/c1-19-18-24(37)36(30(19)38)34-28-25-20(2)26(42-29(25)33-27(32-28)23-4-3-17-41-23)21-5-7-22(8-6-21)40-16-15-39-14-13-35-11-9-31-10-12-35/h3-8,17-18,31H,9-16H2,1-2H3,(H,32,33,34). The second-order valence-corrected chi connectivity index (χ2v) is 12.1. The summed E-state index contributed by atoms with van der Waals surface area (Å²) in [6.07, 6.45) is 1.32. The van der Waals surface area contributed by atoms with Crippen molar-refractivity contribution in [1.29, 1.82) is 0 Å². The summed E-state index contributed by atoms with van der Waals surface area (Å²) in [5.74, 6) is 0.925. The predicted octanol–water partition coefficient (Wildman–Crippen LogP) is 4.34. The quantitative estimate of drug-likeness (QED) is 0.191. The summed E-state index contributed by atoms with van der Waals surface area (Å²) in [4.78, 5) is 39.8. The number of nitrogens with zero attached hydrogens (tertiary/aromatic N) is 4. The molecule has 1 fully saturated rings. The highest BCUT2D eigenvalue weighted by Crippen LogP contribution is 2.42. The van der Waals surface area contributed by atoms with Crippen molar-refractivity contribution in [2.75, 3.05) is 58.0 Å². The normalized spacial score (nSPS) is 16.0. The molecule has 0 spiro atoms. The summed E-state index contributed by atoms with van der Waals surface area (Å²) in [5.41, 5.74) is 5.35. The van der Waals surface area contributed by atoms with E-state index in [1.807, 2.05) is 48.7 Å². The fourth-order valence-electron chi connectivity index (χ4n) is 4.96. The summed E-state index contributed by atoms with van der Waals surface area (Å²) in [6.45, 7) is 10.5. The fraction of sp³-hybridized carbons (Fsp3) is 0.333. The van der Waals surface area contributed by atoms with Gasteiger partial charge in [0, 0.05) is 49.3 Å². The van der Waals surface area contributed by atoms with Gasteiger partial charge in [0.1, 0.15) is 17.2 Å². The molecule has 4 aromatic rings. The molecule has 2 aliphatic rings. The summed E-state index contributed by atoms with van der Waals surface area (Å²) >= 11 is 3.08. The molecule has 2 N–H and O–H groups in total. The third kappa shape index (κ3) is 6.08. The van der Waals surface area contributed by atoms with Gasteiger partial charge < -0.3 is 14.8 Å². The molecule has 5 heterocycles. The zero-order chi connectivity index (χ0) is 29.1. The molecule has 0 radical (unpaired) electrons. The number of amides is 2. The molecule has 0 atom stereocenters. The van der Waals surface area contributed by atoms with Crippen LogP contribution in [-0.2, 0) is 14.3 Å². The van der Waals surface area contributed by atoms with Crippen molar-refractivity contribution in [3.05, 3.63) is 59.0 Å². The number of imide groups is 1. The van der Waals surface area contributed by atoms with Crippen LogP contribution < -0.4 is 15.5 Å². The van der Waals surface area contributed by atoms with Crippen LogP contribution in [0.1, 0.15) is 12.5 Å². The molecule has 0 aliphatic carbocycles. The molecule has 218 valence electrons. The Hall–Kier alpha value is -3.68. The molecule has 3 aromatic heterocycles. The highest BCUT2D eigenvalue weighted by atomic mass is 32.1. The van der Waals surface area contributed by atoms with Crippen LogP contribution >= 0.6 is 22.7 Å². The summed E-state index contributed by atoms with van der Waals surface area (Å²) < 4.78 is 11.7. The second kappa shape index (κ2) is 12.7. The minimum absolute atomic E-state index is 0.378. The molecule has 1 saturated heterocycles. The van der Waals surface area contributed by atoms with E-state index in [1.54, 1.807) is 18.3 Å². The average Bonchev–Trinajstić information content (AvgIpc) is 3.72. The van der Waals surface area contributed by atoms with Gasteiger partial charge in [0.05, 0.1) is 23.5 Å². The number of carbonyl (C=O) groups is 2. The zero-order valence-electron chi connectivity index (χ0n) is 23.5. The van der Waals surface area contributed by atoms with Crippen LogP contribution in [0.15, 0.2) is 53.4 Å². The van der Waals surface area contributed by atoms with E-state index in [0.717, 1.165) is 74.6 Å². The van der Waals surface area contributed by atoms with E-state index < -0.39 is 11.8 Å². The van der Waals surface area contributed by atoms with Crippen molar-refractivity contribution in [2.45, 2.75) is 13.8 Å². The van der Waals surface area contributed by atoms with E-state index in [-0.39, 0.29) is 0 Å². The fourth-order valence-corrected chi connectivity index (χ4v) is 6.81. The maximum atomic E-state index is 12.6.